The van der Waals surface area contributed by atoms with Gasteiger partial charge in [0, 0.05) is 18.5 Å². The highest BCUT2D eigenvalue weighted by atomic mass is 16.6. The number of ketones is 1. The number of allylic oxidation sites excluding steroid dienone is 1. The lowest BCUT2D eigenvalue weighted by molar-refractivity contribution is -0.122. The van der Waals surface area contributed by atoms with Crippen LogP contribution in [0.2, 0.25) is 0 Å². The van der Waals surface area contributed by atoms with Gasteiger partial charge in [-0.3, -0.25) is 9.69 Å². The van der Waals surface area contributed by atoms with Gasteiger partial charge >= 0.3 is 6.09 Å². The van der Waals surface area contributed by atoms with Crippen LogP contribution >= 0.6 is 0 Å². The second kappa shape index (κ2) is 5.74. The van der Waals surface area contributed by atoms with Gasteiger partial charge in [0.1, 0.15) is 5.60 Å². The van der Waals surface area contributed by atoms with Gasteiger partial charge in [0.25, 0.3) is 0 Å². The van der Waals surface area contributed by atoms with Gasteiger partial charge in [-0.05, 0) is 34.1 Å². The number of carbonyl (C=O) groups excluding carboxylic acids is 2. The van der Waals surface area contributed by atoms with Gasteiger partial charge in [-0.1, -0.05) is 6.08 Å². The monoisotopic (exact) mass is 268 g/mol. The normalized spacial score (nSPS) is 27.2. The first-order valence-corrected chi connectivity index (χ1v) is 6.54. The molecule has 1 heterocycles. The lowest BCUT2D eigenvalue weighted by atomic mass is 9.91. The highest BCUT2D eigenvalue weighted by Gasteiger charge is 2.45. The Morgan fingerprint density at radius 1 is 1.47 bits per heavy atom. The highest BCUT2D eigenvalue weighted by molar-refractivity contribution is 5.86. The summed E-state index contributed by atoms with van der Waals surface area (Å²) in [6.07, 6.45) is 1.87. The van der Waals surface area contributed by atoms with E-state index in [-0.39, 0.29) is 17.7 Å². The van der Waals surface area contributed by atoms with Crippen molar-refractivity contribution in [1.82, 2.24) is 4.90 Å². The zero-order chi connectivity index (χ0) is 14.8. The Bertz CT molecular complexity index is 373. The molecule has 0 aromatic rings. The minimum Gasteiger partial charge on any atom is -0.444 e. The SMILES string of the molecule is C=CC[C@H]1[C@@H](C(C)=O)N(C(=O)OC(C)(C)C)C[C@@H]1N. The van der Waals surface area contributed by atoms with Crippen LogP contribution in [-0.2, 0) is 9.53 Å². The van der Waals surface area contributed by atoms with Gasteiger partial charge in [-0.15, -0.1) is 6.58 Å². The maximum atomic E-state index is 12.1. The summed E-state index contributed by atoms with van der Waals surface area (Å²) in [6, 6.07) is -0.734. The largest absolute Gasteiger partial charge is 0.444 e. The standard InChI is InChI=1S/C14H24N2O3/c1-6-7-10-11(15)8-16(12(10)9(2)17)13(18)19-14(3,4)5/h6,10-12H,1,7-8,15H2,2-5H3/t10-,11+,12-/m1/s1. The Kier molecular flexibility index (Phi) is 4.74. The third kappa shape index (κ3) is 3.80. The summed E-state index contributed by atoms with van der Waals surface area (Å²) in [4.78, 5) is 25.4. The molecule has 0 aromatic heterocycles. The molecule has 3 atom stereocenters. The topological polar surface area (TPSA) is 72.6 Å². The highest BCUT2D eigenvalue weighted by Crippen LogP contribution is 2.29. The van der Waals surface area contributed by atoms with Gasteiger partial charge in [-0.2, -0.15) is 0 Å². The molecular formula is C14H24N2O3. The van der Waals surface area contributed by atoms with E-state index in [0.29, 0.717) is 13.0 Å². The molecule has 0 saturated carbocycles. The van der Waals surface area contributed by atoms with Crippen LogP contribution in [0.1, 0.15) is 34.1 Å². The molecule has 108 valence electrons. The van der Waals surface area contributed by atoms with Crippen LogP contribution in [0, 0.1) is 5.92 Å². The number of amides is 1. The molecule has 1 aliphatic heterocycles. The van der Waals surface area contributed by atoms with Gasteiger partial charge in [0.05, 0.1) is 6.04 Å². The fourth-order valence-corrected chi connectivity index (χ4v) is 2.47. The molecule has 0 unspecified atom stereocenters. The lowest BCUT2D eigenvalue weighted by Gasteiger charge is -2.28. The molecule has 19 heavy (non-hydrogen) atoms. The van der Waals surface area contributed by atoms with Gasteiger partial charge < -0.3 is 10.5 Å². The number of nitrogens with zero attached hydrogens (tertiary/aromatic N) is 1. The quantitative estimate of drug-likeness (QED) is 0.791. The first-order chi connectivity index (χ1) is 8.67. The maximum absolute atomic E-state index is 12.1. The molecule has 5 nitrogen and oxygen atoms in total. The molecule has 1 rings (SSSR count). The average molecular weight is 268 g/mol. The third-order valence-electron chi connectivity index (χ3n) is 3.18. The van der Waals surface area contributed by atoms with Crippen LogP contribution in [0.4, 0.5) is 4.79 Å². The van der Waals surface area contributed by atoms with Crippen LogP contribution in [0.3, 0.4) is 0 Å². The predicted molar refractivity (Wildman–Crippen MR) is 73.7 cm³/mol. The molecule has 0 radical (unpaired) electrons. The van der Waals surface area contributed by atoms with Crippen molar-refractivity contribution in [2.75, 3.05) is 6.54 Å². The molecule has 2 N–H and O–H groups in total. The molecule has 1 fully saturated rings. The second-order valence-corrected chi connectivity index (χ2v) is 6.04. The van der Waals surface area contributed by atoms with Crippen molar-refractivity contribution in [3.8, 4) is 0 Å². The summed E-state index contributed by atoms with van der Waals surface area (Å²) in [5.41, 5.74) is 5.45. The van der Waals surface area contributed by atoms with E-state index in [4.69, 9.17) is 10.5 Å². The van der Waals surface area contributed by atoms with E-state index in [0.717, 1.165) is 0 Å². The zero-order valence-corrected chi connectivity index (χ0v) is 12.2. The van der Waals surface area contributed by atoms with E-state index in [2.05, 4.69) is 6.58 Å². The fourth-order valence-electron chi connectivity index (χ4n) is 2.47. The number of carbonyl (C=O) groups is 2. The van der Waals surface area contributed by atoms with E-state index in [1.807, 2.05) is 0 Å². The smallest absolute Gasteiger partial charge is 0.410 e. The molecule has 0 spiro atoms. The molecule has 1 saturated heterocycles. The van der Waals surface area contributed by atoms with Crippen molar-refractivity contribution < 1.29 is 14.3 Å². The summed E-state index contributed by atoms with van der Waals surface area (Å²) in [6.45, 7) is 10.9. The van der Waals surface area contributed by atoms with Gasteiger partial charge in [-0.25, -0.2) is 4.79 Å². The summed E-state index contributed by atoms with van der Waals surface area (Å²) in [7, 11) is 0. The molecule has 1 aliphatic rings. The summed E-state index contributed by atoms with van der Waals surface area (Å²) < 4.78 is 5.33. The first-order valence-electron chi connectivity index (χ1n) is 6.54. The van der Waals surface area contributed by atoms with E-state index >= 15 is 0 Å². The van der Waals surface area contributed by atoms with Crippen molar-refractivity contribution >= 4 is 11.9 Å². The van der Waals surface area contributed by atoms with E-state index in [1.165, 1.54) is 11.8 Å². The van der Waals surface area contributed by atoms with E-state index in [9.17, 15) is 9.59 Å². The molecule has 0 bridgehead atoms. The molecular weight excluding hydrogens is 244 g/mol. The Morgan fingerprint density at radius 3 is 2.47 bits per heavy atom. The maximum Gasteiger partial charge on any atom is 0.410 e. The van der Waals surface area contributed by atoms with Crippen molar-refractivity contribution in [3.63, 3.8) is 0 Å². The Hall–Kier alpha value is -1.36. The number of nitrogens with two attached hydrogens (primary N) is 1. The number of likely N-dealkylation sites (tertiary alicyclic amines) is 1. The molecule has 5 heteroatoms. The predicted octanol–water partition coefficient (Wildman–Crippen LogP) is 1.71. The van der Waals surface area contributed by atoms with Crippen LogP contribution in [0.5, 0.6) is 0 Å². The number of Topliss-reactive ketones (excluding diaryl/α,β-unsaturated/α-hetero) is 1. The number of rotatable bonds is 3. The van der Waals surface area contributed by atoms with Gasteiger partial charge in [0.15, 0.2) is 5.78 Å². The molecule has 1 amide bonds. The molecule has 0 aromatic carbocycles. The minimum atomic E-state index is -0.584. The van der Waals surface area contributed by atoms with Crippen LogP contribution < -0.4 is 5.73 Å². The minimum absolute atomic E-state index is 0.0642. The van der Waals surface area contributed by atoms with Crippen molar-refractivity contribution in [3.05, 3.63) is 12.7 Å². The molecule has 0 aliphatic carbocycles. The second-order valence-electron chi connectivity index (χ2n) is 6.04. The van der Waals surface area contributed by atoms with E-state index < -0.39 is 17.7 Å². The van der Waals surface area contributed by atoms with E-state index in [1.54, 1.807) is 26.8 Å². The van der Waals surface area contributed by atoms with Crippen molar-refractivity contribution in [2.45, 2.75) is 51.8 Å². The first kappa shape index (κ1) is 15.7. The van der Waals surface area contributed by atoms with Crippen LogP contribution in [0.15, 0.2) is 12.7 Å². The summed E-state index contributed by atoms with van der Waals surface area (Å²) in [5.74, 6) is -0.145. The Balaban J connectivity index is 2.91. The number of hydrogen-bond acceptors (Lipinski definition) is 4. The Morgan fingerprint density at radius 2 is 2.05 bits per heavy atom. The summed E-state index contributed by atoms with van der Waals surface area (Å²) >= 11 is 0. The zero-order valence-electron chi connectivity index (χ0n) is 12.2. The van der Waals surface area contributed by atoms with Crippen molar-refractivity contribution in [1.29, 1.82) is 0 Å². The van der Waals surface area contributed by atoms with Gasteiger partial charge in [0.2, 0.25) is 0 Å². The number of ether oxygens (including phenoxy) is 1. The van der Waals surface area contributed by atoms with Crippen LogP contribution in [0.25, 0.3) is 0 Å². The fraction of sp³-hybridized carbons (Fsp3) is 0.714. The average Bonchev–Trinajstić information content (AvgIpc) is 2.54. The van der Waals surface area contributed by atoms with Crippen molar-refractivity contribution in [2.24, 2.45) is 11.7 Å². The third-order valence-corrected chi connectivity index (χ3v) is 3.18. The summed E-state index contributed by atoms with van der Waals surface area (Å²) in [5, 5.41) is 0. The lowest BCUT2D eigenvalue weighted by Crippen LogP contribution is -2.44. The Labute approximate surface area is 114 Å². The number of hydrogen-bond donors (Lipinski definition) is 1. The van der Waals surface area contributed by atoms with Crippen LogP contribution in [-0.4, -0.2) is 41.0 Å².